The fourth-order valence-electron chi connectivity index (χ4n) is 2.87. The number of halogens is 3. The summed E-state index contributed by atoms with van der Waals surface area (Å²) in [6, 6.07) is 10.5. The minimum absolute atomic E-state index is 0.0300. The molecule has 0 atom stereocenters. The molecule has 0 saturated carbocycles. The van der Waals surface area contributed by atoms with Gasteiger partial charge in [-0.05, 0) is 43.3 Å². The summed E-state index contributed by atoms with van der Waals surface area (Å²) in [6.45, 7) is 1.77. The Labute approximate surface area is 193 Å². The minimum Gasteiger partial charge on any atom is -0.493 e. The SMILES string of the molecule is COc1ccc(C(=O)Nc2cc(C(F)(F)F)cnc2NS(=O)(=O)c2ccc(C)cc2)cc1OC. The molecular weight excluding hydrogens is 475 g/mol. The van der Waals surface area contributed by atoms with Gasteiger partial charge in [-0.25, -0.2) is 13.4 Å². The van der Waals surface area contributed by atoms with Gasteiger partial charge < -0.3 is 14.8 Å². The molecule has 3 aromatic rings. The molecule has 0 fully saturated rings. The number of aryl methyl sites for hydroxylation is 1. The lowest BCUT2D eigenvalue weighted by atomic mass is 10.1. The molecule has 0 saturated heterocycles. The molecule has 0 spiro atoms. The number of hydrogen-bond donors (Lipinski definition) is 2. The summed E-state index contributed by atoms with van der Waals surface area (Å²) in [6.07, 6.45) is -4.30. The van der Waals surface area contributed by atoms with Crippen molar-refractivity contribution in [3.63, 3.8) is 0 Å². The second-order valence-corrected chi connectivity index (χ2v) is 8.74. The number of nitrogens with one attached hydrogen (secondary N) is 2. The highest BCUT2D eigenvalue weighted by atomic mass is 32.2. The number of benzene rings is 2. The van der Waals surface area contributed by atoms with Crippen LogP contribution in [0.5, 0.6) is 11.5 Å². The van der Waals surface area contributed by atoms with Crippen molar-refractivity contribution < 1.29 is 35.9 Å². The van der Waals surface area contributed by atoms with Gasteiger partial charge in [0.2, 0.25) is 0 Å². The molecule has 0 unspecified atom stereocenters. The normalized spacial score (nSPS) is 11.6. The predicted octanol–water partition coefficient (Wildman–Crippen LogP) is 4.48. The average molecular weight is 495 g/mol. The van der Waals surface area contributed by atoms with E-state index in [1.165, 1.54) is 44.6 Å². The molecule has 0 aliphatic rings. The predicted molar refractivity (Wildman–Crippen MR) is 119 cm³/mol. The highest BCUT2D eigenvalue weighted by Gasteiger charge is 2.32. The number of carbonyl (C=O) groups is 1. The first-order valence-electron chi connectivity index (χ1n) is 9.64. The first-order valence-corrected chi connectivity index (χ1v) is 11.1. The maximum atomic E-state index is 13.3. The van der Waals surface area contributed by atoms with E-state index in [-0.39, 0.29) is 16.2 Å². The lowest BCUT2D eigenvalue weighted by Crippen LogP contribution is -2.19. The van der Waals surface area contributed by atoms with E-state index in [0.29, 0.717) is 18.0 Å². The Balaban J connectivity index is 1.99. The van der Waals surface area contributed by atoms with Crippen molar-refractivity contribution in [1.82, 2.24) is 4.98 Å². The Hall–Kier alpha value is -3.80. The van der Waals surface area contributed by atoms with Gasteiger partial charge in [0.25, 0.3) is 15.9 Å². The Morgan fingerprint density at radius 3 is 2.21 bits per heavy atom. The van der Waals surface area contributed by atoms with E-state index in [2.05, 4.69) is 15.0 Å². The molecule has 1 aromatic heterocycles. The zero-order valence-electron chi connectivity index (χ0n) is 18.2. The lowest BCUT2D eigenvalue weighted by molar-refractivity contribution is -0.137. The first-order chi connectivity index (χ1) is 15.9. The molecule has 0 aliphatic heterocycles. The molecule has 0 bridgehead atoms. The van der Waals surface area contributed by atoms with Crippen LogP contribution in [-0.4, -0.2) is 33.5 Å². The van der Waals surface area contributed by atoms with Gasteiger partial charge in [-0.2, -0.15) is 13.2 Å². The topological polar surface area (TPSA) is 107 Å². The number of alkyl halides is 3. The number of anilines is 2. The number of methoxy groups -OCH3 is 2. The van der Waals surface area contributed by atoms with Gasteiger partial charge in [0, 0.05) is 11.8 Å². The highest BCUT2D eigenvalue weighted by Crippen LogP contribution is 2.34. The third-order valence-electron chi connectivity index (χ3n) is 4.67. The third-order valence-corrected chi connectivity index (χ3v) is 6.03. The molecule has 1 heterocycles. The number of aromatic nitrogens is 1. The molecule has 2 N–H and O–H groups in total. The molecule has 3 rings (SSSR count). The van der Waals surface area contributed by atoms with Gasteiger partial charge in [-0.3, -0.25) is 9.52 Å². The number of pyridine rings is 1. The van der Waals surface area contributed by atoms with Crippen LogP contribution >= 0.6 is 0 Å². The number of amides is 1. The summed E-state index contributed by atoms with van der Waals surface area (Å²) < 4.78 is 77.6. The number of ether oxygens (including phenoxy) is 2. The fourth-order valence-corrected chi connectivity index (χ4v) is 3.90. The monoisotopic (exact) mass is 495 g/mol. The second kappa shape index (κ2) is 9.59. The molecule has 180 valence electrons. The quantitative estimate of drug-likeness (QED) is 0.501. The van der Waals surface area contributed by atoms with Crippen molar-refractivity contribution in [3.8, 4) is 11.5 Å². The summed E-state index contributed by atoms with van der Waals surface area (Å²) in [5.41, 5.74) is -0.810. The zero-order valence-corrected chi connectivity index (χ0v) is 19.0. The molecule has 12 heteroatoms. The number of carbonyl (C=O) groups excluding carboxylic acids is 1. The van der Waals surface area contributed by atoms with Crippen molar-refractivity contribution in [2.75, 3.05) is 24.3 Å². The zero-order chi connectivity index (χ0) is 25.1. The van der Waals surface area contributed by atoms with Crippen molar-refractivity contribution >= 4 is 27.4 Å². The van der Waals surface area contributed by atoms with Gasteiger partial charge >= 0.3 is 6.18 Å². The van der Waals surface area contributed by atoms with Crippen molar-refractivity contribution in [2.24, 2.45) is 0 Å². The molecule has 8 nitrogen and oxygen atoms in total. The standard InChI is InChI=1S/C22H20F3N3O5S/c1-13-4-7-16(8-5-13)34(30,31)28-20-17(11-15(12-26-20)22(23,24)25)27-21(29)14-6-9-18(32-2)19(10-14)33-3/h4-12H,1-3H3,(H,26,28)(H,27,29). The van der Waals surface area contributed by atoms with E-state index in [4.69, 9.17) is 9.47 Å². The Kier molecular flexibility index (Phi) is 7.01. The van der Waals surface area contributed by atoms with Crippen LogP contribution in [0.4, 0.5) is 24.7 Å². The summed E-state index contributed by atoms with van der Waals surface area (Å²) in [5.74, 6) is -0.746. The summed E-state index contributed by atoms with van der Waals surface area (Å²) in [5, 5.41) is 2.29. The minimum atomic E-state index is -4.77. The van der Waals surface area contributed by atoms with Crippen molar-refractivity contribution in [3.05, 3.63) is 71.4 Å². The lowest BCUT2D eigenvalue weighted by Gasteiger charge is -2.16. The maximum absolute atomic E-state index is 13.3. The fraction of sp³-hybridized carbons (Fsp3) is 0.182. The van der Waals surface area contributed by atoms with Crippen LogP contribution in [0.2, 0.25) is 0 Å². The van der Waals surface area contributed by atoms with Crippen LogP contribution in [0.25, 0.3) is 0 Å². The second-order valence-electron chi connectivity index (χ2n) is 7.06. The molecule has 2 aromatic carbocycles. The number of sulfonamides is 1. The van der Waals surface area contributed by atoms with E-state index in [9.17, 15) is 26.4 Å². The average Bonchev–Trinajstić information content (AvgIpc) is 2.79. The summed E-state index contributed by atoms with van der Waals surface area (Å²) >= 11 is 0. The van der Waals surface area contributed by atoms with E-state index in [1.807, 2.05) is 0 Å². The number of hydrogen-bond acceptors (Lipinski definition) is 6. The van der Waals surface area contributed by atoms with Crippen LogP contribution in [-0.2, 0) is 16.2 Å². The summed E-state index contributed by atoms with van der Waals surface area (Å²) in [4.78, 5) is 16.3. The van der Waals surface area contributed by atoms with E-state index >= 15 is 0 Å². The van der Waals surface area contributed by atoms with Gasteiger partial charge in [-0.15, -0.1) is 0 Å². The van der Waals surface area contributed by atoms with Crippen molar-refractivity contribution in [2.45, 2.75) is 18.0 Å². The van der Waals surface area contributed by atoms with Gasteiger partial charge in [-0.1, -0.05) is 17.7 Å². The van der Waals surface area contributed by atoms with Crippen LogP contribution in [0.1, 0.15) is 21.5 Å². The van der Waals surface area contributed by atoms with Crippen LogP contribution in [0.3, 0.4) is 0 Å². The van der Waals surface area contributed by atoms with Crippen LogP contribution < -0.4 is 19.5 Å². The Bertz CT molecular complexity index is 1310. The summed E-state index contributed by atoms with van der Waals surface area (Å²) in [7, 11) is -1.45. The van der Waals surface area contributed by atoms with Gasteiger partial charge in [0.15, 0.2) is 17.3 Å². The maximum Gasteiger partial charge on any atom is 0.417 e. The molecule has 34 heavy (non-hydrogen) atoms. The van der Waals surface area contributed by atoms with E-state index in [1.54, 1.807) is 19.1 Å². The van der Waals surface area contributed by atoms with Gasteiger partial charge in [0.1, 0.15) is 0 Å². The number of rotatable bonds is 7. The van der Waals surface area contributed by atoms with E-state index in [0.717, 1.165) is 5.56 Å². The molecule has 0 radical (unpaired) electrons. The Morgan fingerprint density at radius 1 is 0.971 bits per heavy atom. The van der Waals surface area contributed by atoms with E-state index < -0.39 is 39.2 Å². The van der Waals surface area contributed by atoms with Crippen molar-refractivity contribution in [1.29, 1.82) is 0 Å². The first kappa shape index (κ1) is 24.8. The molecular formula is C22H20F3N3O5S. The molecule has 1 amide bonds. The largest absolute Gasteiger partial charge is 0.493 e. The number of nitrogens with zero attached hydrogens (tertiary/aromatic N) is 1. The Morgan fingerprint density at radius 2 is 1.62 bits per heavy atom. The molecule has 0 aliphatic carbocycles. The van der Waals surface area contributed by atoms with Crippen LogP contribution in [0, 0.1) is 6.92 Å². The third kappa shape index (κ3) is 5.57. The van der Waals surface area contributed by atoms with Crippen LogP contribution in [0.15, 0.2) is 59.6 Å². The highest BCUT2D eigenvalue weighted by molar-refractivity contribution is 7.92. The smallest absolute Gasteiger partial charge is 0.417 e. The van der Waals surface area contributed by atoms with Gasteiger partial charge in [0.05, 0.1) is 30.4 Å².